The van der Waals surface area contributed by atoms with Crippen molar-refractivity contribution < 1.29 is 8.85 Å². The fourth-order valence-corrected chi connectivity index (χ4v) is 8.70. The lowest BCUT2D eigenvalue weighted by Gasteiger charge is -2.41. The molecule has 3 unspecified atom stereocenters. The van der Waals surface area contributed by atoms with Gasteiger partial charge < -0.3 is 8.85 Å². The molecule has 0 saturated heterocycles. The van der Waals surface area contributed by atoms with Crippen LogP contribution in [-0.4, -0.2) is 22.8 Å². The fraction of sp³-hybridized carbons (Fsp3) is 1.00. The molecule has 2 fully saturated rings. The van der Waals surface area contributed by atoms with Gasteiger partial charge in [0.2, 0.25) is 0 Å². The highest BCUT2D eigenvalue weighted by molar-refractivity contribution is 6.69. The van der Waals surface area contributed by atoms with E-state index in [0.29, 0.717) is 5.41 Å². The molecule has 2 nitrogen and oxygen atoms in total. The minimum atomic E-state index is -2.00. The summed E-state index contributed by atoms with van der Waals surface area (Å²) in [6.07, 6.45) is 5.68. The molecular weight excluding hydrogens is 228 g/mol. The molecule has 0 aromatic heterocycles. The molecule has 2 saturated carbocycles. The Kier molecular flexibility index (Phi) is 3.73. The second-order valence-corrected chi connectivity index (χ2v) is 10.8. The first kappa shape index (κ1) is 13.6. The van der Waals surface area contributed by atoms with Crippen LogP contribution in [0.15, 0.2) is 0 Å². The molecule has 3 atom stereocenters. The van der Waals surface area contributed by atoms with E-state index in [0.717, 1.165) is 23.4 Å². The largest absolute Gasteiger partial charge is 0.397 e. The van der Waals surface area contributed by atoms with Crippen molar-refractivity contribution in [1.29, 1.82) is 0 Å². The van der Waals surface area contributed by atoms with Crippen LogP contribution in [0.2, 0.25) is 11.6 Å². The molecule has 0 heterocycles. The lowest BCUT2D eigenvalue weighted by atomic mass is 9.99. The van der Waals surface area contributed by atoms with Gasteiger partial charge in [0.05, 0.1) is 0 Å². The molecule has 17 heavy (non-hydrogen) atoms. The van der Waals surface area contributed by atoms with E-state index in [4.69, 9.17) is 8.85 Å². The summed E-state index contributed by atoms with van der Waals surface area (Å²) in [5.74, 6) is 1.87. The van der Waals surface area contributed by atoms with Gasteiger partial charge in [-0.3, -0.25) is 0 Å². The maximum atomic E-state index is 6.02. The molecule has 0 N–H and O–H groups in total. The zero-order chi connectivity index (χ0) is 12.7. The van der Waals surface area contributed by atoms with Gasteiger partial charge in [-0.15, -0.1) is 0 Å². The lowest BCUT2D eigenvalue weighted by Crippen LogP contribution is -2.49. The monoisotopic (exact) mass is 256 g/mol. The van der Waals surface area contributed by atoms with E-state index in [-0.39, 0.29) is 0 Å². The van der Waals surface area contributed by atoms with Gasteiger partial charge in [0.15, 0.2) is 0 Å². The molecule has 3 heteroatoms. The molecular formula is C14H28O2Si. The predicted molar refractivity (Wildman–Crippen MR) is 73.2 cm³/mol. The third kappa shape index (κ3) is 2.61. The fourth-order valence-electron chi connectivity index (χ4n) is 4.18. The van der Waals surface area contributed by atoms with Crippen molar-refractivity contribution in [2.24, 2.45) is 17.3 Å². The highest BCUT2D eigenvalue weighted by atomic mass is 28.4. The smallest absolute Gasteiger partial charge is 0.341 e. The van der Waals surface area contributed by atoms with Crippen molar-refractivity contribution in [3.63, 3.8) is 0 Å². The van der Waals surface area contributed by atoms with Gasteiger partial charge in [-0.2, -0.15) is 0 Å². The normalized spacial score (nSPS) is 33.4. The van der Waals surface area contributed by atoms with Crippen LogP contribution in [-0.2, 0) is 8.85 Å². The van der Waals surface area contributed by atoms with E-state index in [2.05, 4.69) is 20.8 Å². The quantitative estimate of drug-likeness (QED) is 0.709. The Morgan fingerprint density at radius 3 is 2.06 bits per heavy atom. The van der Waals surface area contributed by atoms with E-state index in [1.807, 2.05) is 14.2 Å². The van der Waals surface area contributed by atoms with Crippen LogP contribution < -0.4 is 0 Å². The minimum Gasteiger partial charge on any atom is -0.397 e. The van der Waals surface area contributed by atoms with E-state index >= 15 is 0 Å². The van der Waals surface area contributed by atoms with Crippen LogP contribution in [0.4, 0.5) is 0 Å². The SMILES string of the molecule is CO[Si](CC(C)(C)C)(OC)C1CC2CCC1C2. The average Bonchev–Trinajstić information content (AvgIpc) is 2.86. The zero-order valence-corrected chi connectivity index (χ0v) is 13.1. The van der Waals surface area contributed by atoms with Crippen molar-refractivity contribution >= 4 is 8.56 Å². The van der Waals surface area contributed by atoms with E-state index in [1.165, 1.54) is 25.7 Å². The molecule has 0 spiro atoms. The highest BCUT2D eigenvalue weighted by Crippen LogP contribution is 2.57. The maximum absolute atomic E-state index is 6.02. The second kappa shape index (κ2) is 4.67. The average molecular weight is 256 g/mol. The van der Waals surface area contributed by atoms with E-state index in [9.17, 15) is 0 Å². The Labute approximate surface area is 107 Å². The van der Waals surface area contributed by atoms with Crippen LogP contribution >= 0.6 is 0 Å². The first-order valence-corrected chi connectivity index (χ1v) is 9.10. The number of hydrogen-bond acceptors (Lipinski definition) is 2. The van der Waals surface area contributed by atoms with Crippen LogP contribution in [0, 0.1) is 17.3 Å². The highest BCUT2D eigenvalue weighted by Gasteiger charge is 2.55. The Morgan fingerprint density at radius 1 is 1.06 bits per heavy atom. The summed E-state index contributed by atoms with van der Waals surface area (Å²) in [5, 5.41) is 0. The summed E-state index contributed by atoms with van der Waals surface area (Å²) >= 11 is 0. The Hall–Kier alpha value is 0.137. The van der Waals surface area contributed by atoms with E-state index < -0.39 is 8.56 Å². The molecule has 0 aromatic carbocycles. The van der Waals surface area contributed by atoms with Gasteiger partial charge in [-0.05, 0) is 36.1 Å². The maximum Gasteiger partial charge on any atom is 0.341 e. The zero-order valence-electron chi connectivity index (χ0n) is 12.1. The Morgan fingerprint density at radius 2 is 1.71 bits per heavy atom. The van der Waals surface area contributed by atoms with Gasteiger partial charge in [0.1, 0.15) is 0 Å². The molecule has 2 rings (SSSR count). The lowest BCUT2D eigenvalue weighted by molar-refractivity contribution is 0.197. The van der Waals surface area contributed by atoms with Gasteiger partial charge in [0, 0.05) is 19.8 Å². The first-order chi connectivity index (χ1) is 7.90. The molecule has 2 aliphatic rings. The van der Waals surface area contributed by atoms with Crippen molar-refractivity contribution in [1.82, 2.24) is 0 Å². The van der Waals surface area contributed by atoms with Gasteiger partial charge in [-0.25, -0.2) is 0 Å². The topological polar surface area (TPSA) is 18.5 Å². The van der Waals surface area contributed by atoms with Crippen molar-refractivity contribution in [3.05, 3.63) is 0 Å². The van der Waals surface area contributed by atoms with Gasteiger partial charge in [-0.1, -0.05) is 33.6 Å². The minimum absolute atomic E-state index is 0.306. The number of rotatable bonds is 4. The van der Waals surface area contributed by atoms with Crippen LogP contribution in [0.5, 0.6) is 0 Å². The van der Waals surface area contributed by atoms with Crippen LogP contribution in [0.25, 0.3) is 0 Å². The third-order valence-electron chi connectivity index (χ3n) is 4.77. The second-order valence-electron chi connectivity index (χ2n) is 7.24. The van der Waals surface area contributed by atoms with Crippen molar-refractivity contribution in [2.45, 2.75) is 58.0 Å². The standard InChI is InChI=1S/C14H28O2Si/c1-14(2,3)10-17(15-4,16-5)13-9-11-6-7-12(13)8-11/h11-13H,6-10H2,1-5H3. The molecule has 0 aromatic rings. The summed E-state index contributed by atoms with van der Waals surface area (Å²) in [6, 6.07) is 1.13. The van der Waals surface area contributed by atoms with Gasteiger partial charge >= 0.3 is 8.56 Å². The molecule has 2 bridgehead atoms. The van der Waals surface area contributed by atoms with Crippen molar-refractivity contribution in [2.75, 3.05) is 14.2 Å². The Balaban J connectivity index is 2.16. The Bertz CT molecular complexity index is 268. The van der Waals surface area contributed by atoms with Gasteiger partial charge in [0.25, 0.3) is 0 Å². The van der Waals surface area contributed by atoms with E-state index in [1.54, 1.807) is 0 Å². The number of hydrogen-bond donors (Lipinski definition) is 0. The molecule has 0 radical (unpaired) electrons. The summed E-state index contributed by atoms with van der Waals surface area (Å²) in [5.41, 5.74) is 1.05. The molecule has 2 aliphatic carbocycles. The summed E-state index contributed by atoms with van der Waals surface area (Å²) < 4.78 is 12.0. The summed E-state index contributed by atoms with van der Waals surface area (Å²) in [7, 11) is 1.77. The summed E-state index contributed by atoms with van der Waals surface area (Å²) in [4.78, 5) is 0. The van der Waals surface area contributed by atoms with Crippen molar-refractivity contribution in [3.8, 4) is 0 Å². The van der Waals surface area contributed by atoms with Crippen LogP contribution in [0.1, 0.15) is 46.5 Å². The molecule has 0 aliphatic heterocycles. The first-order valence-electron chi connectivity index (χ1n) is 7.00. The predicted octanol–water partition coefficient (Wildman–Crippen LogP) is 3.96. The molecule has 0 amide bonds. The summed E-state index contributed by atoms with van der Waals surface area (Å²) in [6.45, 7) is 6.92. The molecule has 100 valence electrons. The third-order valence-corrected chi connectivity index (χ3v) is 9.54. The van der Waals surface area contributed by atoms with Crippen LogP contribution in [0.3, 0.4) is 0 Å². The number of fused-ring (bicyclic) bond motifs is 2.